The van der Waals surface area contributed by atoms with Crippen LogP contribution in [-0.4, -0.2) is 35.6 Å². The maximum Gasteiger partial charge on any atom is 0.227 e. The highest BCUT2D eigenvalue weighted by Gasteiger charge is 2.16. The number of rotatable bonds is 10. The molecule has 2 aromatic heterocycles. The summed E-state index contributed by atoms with van der Waals surface area (Å²) in [5.74, 6) is 0.875. The first-order chi connectivity index (χ1) is 14.1. The van der Waals surface area contributed by atoms with Crippen molar-refractivity contribution in [3.05, 3.63) is 82.3 Å². The van der Waals surface area contributed by atoms with E-state index in [9.17, 15) is 4.79 Å². The lowest BCUT2D eigenvalue weighted by Crippen LogP contribution is -2.31. The maximum absolute atomic E-state index is 13.0. The van der Waals surface area contributed by atoms with Crippen LogP contribution in [0.2, 0.25) is 0 Å². The van der Waals surface area contributed by atoms with E-state index in [1.54, 1.807) is 30.8 Å². The van der Waals surface area contributed by atoms with Gasteiger partial charge in [0, 0.05) is 32.6 Å². The molecule has 1 amide bonds. The molecule has 3 aromatic rings. The second-order valence-electron chi connectivity index (χ2n) is 6.94. The van der Waals surface area contributed by atoms with E-state index < -0.39 is 0 Å². The molecule has 5 nitrogen and oxygen atoms in total. The van der Waals surface area contributed by atoms with Gasteiger partial charge in [0.05, 0.1) is 13.0 Å². The molecule has 0 radical (unpaired) electrons. The van der Waals surface area contributed by atoms with Crippen molar-refractivity contribution in [1.29, 1.82) is 0 Å². The monoisotopic (exact) mass is 410 g/mol. The largest absolute Gasteiger partial charge is 0.488 e. The topological polar surface area (TPSA) is 51.7 Å². The van der Waals surface area contributed by atoms with Crippen molar-refractivity contribution in [2.75, 3.05) is 13.7 Å². The van der Waals surface area contributed by atoms with Crippen LogP contribution in [0.4, 0.5) is 0 Å². The Morgan fingerprint density at radius 2 is 1.90 bits per heavy atom. The standard InChI is InChI=1S/C23H26N2O3S/c1-18(16-27-2)28-22-5-3-4-20(12-22)15-25(14-19-6-9-24-10-7-19)23(26)13-21-8-11-29-17-21/h3-12,17-18H,13-16H2,1-2H3/t18-/m1/s1. The highest BCUT2D eigenvalue weighted by molar-refractivity contribution is 7.08. The molecule has 0 fully saturated rings. The smallest absolute Gasteiger partial charge is 0.227 e. The van der Waals surface area contributed by atoms with Crippen molar-refractivity contribution >= 4 is 17.2 Å². The second kappa shape index (κ2) is 10.7. The van der Waals surface area contributed by atoms with E-state index >= 15 is 0 Å². The van der Waals surface area contributed by atoms with Gasteiger partial charge in [0.2, 0.25) is 5.91 Å². The number of pyridine rings is 1. The quantitative estimate of drug-likeness (QED) is 0.499. The third-order valence-corrected chi connectivity index (χ3v) is 5.15. The van der Waals surface area contributed by atoms with Gasteiger partial charge >= 0.3 is 0 Å². The number of amides is 1. The predicted octanol–water partition coefficient (Wildman–Crippen LogP) is 4.33. The summed E-state index contributed by atoms with van der Waals surface area (Å²) in [7, 11) is 1.66. The zero-order valence-electron chi connectivity index (χ0n) is 16.8. The summed E-state index contributed by atoms with van der Waals surface area (Å²) >= 11 is 1.61. The Morgan fingerprint density at radius 1 is 1.10 bits per heavy atom. The molecular weight excluding hydrogens is 384 g/mol. The Bertz CT molecular complexity index is 884. The maximum atomic E-state index is 13.0. The number of nitrogens with zero attached hydrogens (tertiary/aromatic N) is 2. The summed E-state index contributed by atoms with van der Waals surface area (Å²) in [6, 6.07) is 13.8. The first-order valence-electron chi connectivity index (χ1n) is 9.56. The van der Waals surface area contributed by atoms with Gasteiger partial charge in [0.15, 0.2) is 0 Å². The van der Waals surface area contributed by atoms with Gasteiger partial charge in [-0.05, 0) is 64.7 Å². The Morgan fingerprint density at radius 3 is 2.62 bits per heavy atom. The number of hydrogen-bond donors (Lipinski definition) is 0. The van der Waals surface area contributed by atoms with Crippen LogP contribution >= 0.6 is 11.3 Å². The molecule has 1 atom stereocenters. The zero-order valence-corrected chi connectivity index (χ0v) is 17.6. The van der Waals surface area contributed by atoms with Gasteiger partial charge in [-0.15, -0.1) is 0 Å². The van der Waals surface area contributed by atoms with Gasteiger partial charge < -0.3 is 14.4 Å². The van der Waals surface area contributed by atoms with Crippen LogP contribution < -0.4 is 4.74 Å². The van der Waals surface area contributed by atoms with Crippen molar-refractivity contribution in [1.82, 2.24) is 9.88 Å². The average molecular weight is 411 g/mol. The van der Waals surface area contributed by atoms with Crippen LogP contribution in [0.1, 0.15) is 23.6 Å². The lowest BCUT2D eigenvalue weighted by molar-refractivity contribution is -0.131. The fourth-order valence-electron chi connectivity index (χ4n) is 3.06. The number of methoxy groups -OCH3 is 1. The molecule has 152 valence electrons. The van der Waals surface area contributed by atoms with E-state index in [1.807, 2.05) is 65.0 Å². The average Bonchev–Trinajstić information content (AvgIpc) is 3.22. The molecule has 3 rings (SSSR count). The van der Waals surface area contributed by atoms with Crippen LogP contribution in [0.5, 0.6) is 5.75 Å². The van der Waals surface area contributed by atoms with Gasteiger partial charge in [-0.3, -0.25) is 9.78 Å². The molecule has 0 saturated carbocycles. The molecule has 0 aliphatic carbocycles. The summed E-state index contributed by atoms with van der Waals surface area (Å²) < 4.78 is 11.0. The summed E-state index contributed by atoms with van der Waals surface area (Å²) in [6.45, 7) is 3.55. The molecule has 0 saturated heterocycles. The van der Waals surface area contributed by atoms with Gasteiger partial charge in [-0.25, -0.2) is 0 Å². The third-order valence-electron chi connectivity index (χ3n) is 4.42. The van der Waals surface area contributed by atoms with Gasteiger partial charge in [0.25, 0.3) is 0 Å². The number of aromatic nitrogens is 1. The third kappa shape index (κ3) is 6.69. The molecular formula is C23H26N2O3S. The molecule has 0 N–H and O–H groups in total. The van der Waals surface area contributed by atoms with Crippen molar-refractivity contribution in [3.8, 4) is 5.75 Å². The summed E-state index contributed by atoms with van der Waals surface area (Å²) in [4.78, 5) is 19.0. The highest BCUT2D eigenvalue weighted by Crippen LogP contribution is 2.19. The van der Waals surface area contributed by atoms with E-state index in [0.717, 1.165) is 22.4 Å². The van der Waals surface area contributed by atoms with E-state index in [2.05, 4.69) is 4.98 Å². The Labute approximate surface area is 175 Å². The lowest BCUT2D eigenvalue weighted by Gasteiger charge is -2.23. The summed E-state index contributed by atoms with van der Waals surface area (Å²) in [5.41, 5.74) is 3.13. The lowest BCUT2D eigenvalue weighted by atomic mass is 10.1. The number of hydrogen-bond acceptors (Lipinski definition) is 5. The number of ether oxygens (including phenoxy) is 2. The Balaban J connectivity index is 1.74. The molecule has 0 spiro atoms. The minimum atomic E-state index is -0.0385. The van der Waals surface area contributed by atoms with Crippen molar-refractivity contribution in [2.24, 2.45) is 0 Å². The molecule has 29 heavy (non-hydrogen) atoms. The van der Waals surface area contributed by atoms with Crippen LogP contribution in [0, 0.1) is 0 Å². The van der Waals surface area contributed by atoms with Crippen LogP contribution in [-0.2, 0) is 29.0 Å². The number of carbonyl (C=O) groups is 1. The predicted molar refractivity (Wildman–Crippen MR) is 115 cm³/mol. The SMILES string of the molecule is COC[C@@H](C)Oc1cccc(CN(Cc2ccncc2)C(=O)Cc2ccsc2)c1. The highest BCUT2D eigenvalue weighted by atomic mass is 32.1. The van der Waals surface area contributed by atoms with Gasteiger partial charge in [-0.1, -0.05) is 12.1 Å². The van der Waals surface area contributed by atoms with Crippen molar-refractivity contribution < 1.29 is 14.3 Å². The molecule has 2 heterocycles. The second-order valence-corrected chi connectivity index (χ2v) is 7.72. The fourth-order valence-corrected chi connectivity index (χ4v) is 3.73. The first-order valence-corrected chi connectivity index (χ1v) is 10.5. The molecule has 0 unspecified atom stereocenters. The zero-order chi connectivity index (χ0) is 20.5. The van der Waals surface area contributed by atoms with E-state index in [4.69, 9.17) is 9.47 Å². The van der Waals surface area contributed by atoms with Crippen LogP contribution in [0.15, 0.2) is 65.6 Å². The minimum absolute atomic E-state index is 0.0385. The fraction of sp³-hybridized carbons (Fsp3) is 0.304. The minimum Gasteiger partial charge on any atom is -0.488 e. The Kier molecular flexibility index (Phi) is 7.78. The van der Waals surface area contributed by atoms with E-state index in [-0.39, 0.29) is 12.0 Å². The van der Waals surface area contributed by atoms with Crippen LogP contribution in [0.25, 0.3) is 0 Å². The van der Waals surface area contributed by atoms with E-state index in [1.165, 1.54) is 0 Å². The summed E-state index contributed by atoms with van der Waals surface area (Å²) in [6.07, 6.45) is 3.86. The molecule has 0 bridgehead atoms. The molecule has 0 aliphatic heterocycles. The number of carbonyl (C=O) groups excluding carboxylic acids is 1. The van der Waals surface area contributed by atoms with Crippen molar-refractivity contribution in [2.45, 2.75) is 32.5 Å². The molecule has 1 aromatic carbocycles. The van der Waals surface area contributed by atoms with E-state index in [0.29, 0.717) is 26.1 Å². The van der Waals surface area contributed by atoms with Gasteiger partial charge in [-0.2, -0.15) is 11.3 Å². The van der Waals surface area contributed by atoms with Crippen LogP contribution in [0.3, 0.4) is 0 Å². The normalized spacial score (nSPS) is 11.8. The summed E-state index contributed by atoms with van der Waals surface area (Å²) in [5, 5.41) is 4.02. The molecule has 0 aliphatic rings. The first kappa shape index (κ1) is 21.0. The Hall–Kier alpha value is -2.70. The van der Waals surface area contributed by atoms with Crippen molar-refractivity contribution in [3.63, 3.8) is 0 Å². The number of benzene rings is 1. The number of thiophene rings is 1. The van der Waals surface area contributed by atoms with Gasteiger partial charge in [0.1, 0.15) is 11.9 Å². The molecule has 6 heteroatoms.